The van der Waals surface area contributed by atoms with Gasteiger partial charge >= 0.3 is 5.97 Å². The summed E-state index contributed by atoms with van der Waals surface area (Å²) in [6.07, 6.45) is 0.963. The summed E-state index contributed by atoms with van der Waals surface area (Å²) in [7, 11) is 0. The van der Waals surface area contributed by atoms with Crippen molar-refractivity contribution in [3.63, 3.8) is 0 Å². The molecule has 9 heteroatoms. The topological polar surface area (TPSA) is 108 Å². The zero-order valence-electron chi connectivity index (χ0n) is 21.0. The second-order valence-electron chi connectivity index (χ2n) is 9.33. The van der Waals surface area contributed by atoms with E-state index in [9.17, 15) is 19.1 Å². The lowest BCUT2D eigenvalue weighted by Gasteiger charge is -2.32. The number of amides is 1. The molecule has 1 aliphatic rings. The van der Waals surface area contributed by atoms with Gasteiger partial charge in [0.2, 0.25) is 0 Å². The van der Waals surface area contributed by atoms with Gasteiger partial charge in [-0.2, -0.15) is 5.10 Å². The van der Waals surface area contributed by atoms with Crippen LogP contribution in [0.25, 0.3) is 22.0 Å². The number of nitrogens with one attached hydrogen (secondary N) is 2. The van der Waals surface area contributed by atoms with Gasteiger partial charge in [-0.15, -0.1) is 0 Å². The van der Waals surface area contributed by atoms with Crippen molar-refractivity contribution in [3.05, 3.63) is 77.5 Å². The van der Waals surface area contributed by atoms with Gasteiger partial charge < -0.3 is 20.1 Å². The number of aromatic amines is 1. The maximum absolute atomic E-state index is 13.6. The average Bonchev–Trinajstić information content (AvgIpc) is 3.37. The normalized spacial score (nSPS) is 14.0. The molecule has 8 nitrogen and oxygen atoms in total. The molecule has 3 N–H and O–H groups in total. The van der Waals surface area contributed by atoms with Gasteiger partial charge in [0.25, 0.3) is 5.91 Å². The predicted molar refractivity (Wildman–Crippen MR) is 144 cm³/mol. The van der Waals surface area contributed by atoms with Crippen LogP contribution >= 0.6 is 0 Å². The number of aliphatic hydroxyl groups excluding tert-OH is 1. The van der Waals surface area contributed by atoms with E-state index in [2.05, 4.69) is 20.4 Å². The molecule has 0 radical (unpaired) electrons. The van der Waals surface area contributed by atoms with E-state index in [1.165, 1.54) is 0 Å². The number of aliphatic hydroxyl groups is 1. The van der Waals surface area contributed by atoms with Crippen LogP contribution in [-0.4, -0.2) is 53.0 Å². The SMILES string of the molecule is CCOC(=O)c1n[nH]c2cc(-c3cccc(NC(=O)c4cc(CF)cc(N5CCC(O)CC5)c4)c3)ccc12. The van der Waals surface area contributed by atoms with Crippen molar-refractivity contribution in [1.82, 2.24) is 10.2 Å². The Balaban J connectivity index is 1.36. The van der Waals surface area contributed by atoms with Crippen molar-refractivity contribution < 1.29 is 23.8 Å². The molecule has 1 aromatic heterocycles. The van der Waals surface area contributed by atoms with E-state index < -0.39 is 12.6 Å². The lowest BCUT2D eigenvalue weighted by molar-refractivity contribution is 0.0521. The monoisotopic (exact) mass is 516 g/mol. The molecule has 0 atom stereocenters. The zero-order chi connectivity index (χ0) is 26.6. The molecule has 196 valence electrons. The molecule has 1 saturated heterocycles. The third-order valence-corrected chi connectivity index (χ3v) is 6.71. The molecule has 0 saturated carbocycles. The third-order valence-electron chi connectivity index (χ3n) is 6.71. The highest BCUT2D eigenvalue weighted by atomic mass is 19.1. The number of H-pyrrole nitrogens is 1. The molecule has 38 heavy (non-hydrogen) atoms. The smallest absolute Gasteiger partial charge is 0.359 e. The van der Waals surface area contributed by atoms with Crippen molar-refractivity contribution in [3.8, 4) is 11.1 Å². The summed E-state index contributed by atoms with van der Waals surface area (Å²) < 4.78 is 18.7. The molecular weight excluding hydrogens is 487 g/mol. The van der Waals surface area contributed by atoms with Crippen molar-refractivity contribution in [2.45, 2.75) is 32.5 Å². The van der Waals surface area contributed by atoms with E-state index >= 15 is 0 Å². The molecule has 5 rings (SSSR count). The number of nitrogens with zero attached hydrogens (tertiary/aromatic N) is 2. The number of alkyl halides is 1. The van der Waals surface area contributed by atoms with E-state index in [1.807, 2.05) is 36.4 Å². The van der Waals surface area contributed by atoms with Gasteiger partial charge in [-0.3, -0.25) is 9.89 Å². The Hall–Kier alpha value is -4.24. The Morgan fingerprint density at radius 1 is 1.11 bits per heavy atom. The first kappa shape index (κ1) is 25.4. The minimum Gasteiger partial charge on any atom is -0.461 e. The summed E-state index contributed by atoms with van der Waals surface area (Å²) in [6, 6.07) is 18.1. The first-order chi connectivity index (χ1) is 18.4. The summed E-state index contributed by atoms with van der Waals surface area (Å²) in [6.45, 7) is 2.65. The summed E-state index contributed by atoms with van der Waals surface area (Å²) in [5.41, 5.74) is 4.85. The molecule has 0 spiro atoms. The number of halogens is 1. The number of benzene rings is 3. The number of esters is 1. The lowest BCUT2D eigenvalue weighted by atomic mass is 10.0. The van der Waals surface area contributed by atoms with Crippen LogP contribution < -0.4 is 10.2 Å². The number of ether oxygens (including phenoxy) is 1. The molecular formula is C29H29FN4O4. The van der Waals surface area contributed by atoms with Crippen molar-refractivity contribution >= 4 is 34.2 Å². The predicted octanol–water partition coefficient (Wildman–Crippen LogP) is 5.09. The number of fused-ring (bicyclic) bond motifs is 1. The molecule has 3 aromatic carbocycles. The maximum Gasteiger partial charge on any atom is 0.359 e. The van der Waals surface area contributed by atoms with Crippen LogP contribution in [0.4, 0.5) is 15.8 Å². The Labute approximate surface area is 219 Å². The highest BCUT2D eigenvalue weighted by Gasteiger charge is 2.20. The fraction of sp³-hybridized carbons (Fsp3) is 0.276. The standard InChI is InChI=1S/C29H29FN4O4/c1-2-38-29(37)27-25-7-6-20(16-26(25)32-33-27)19-4-3-5-22(14-19)31-28(36)21-12-18(17-30)13-23(15-21)34-10-8-24(35)9-11-34/h3-7,12-16,24,35H,2,8-11,17H2,1H3,(H,31,36)(H,32,33). The first-order valence-electron chi connectivity index (χ1n) is 12.6. The number of piperidine rings is 1. The van der Waals surface area contributed by atoms with Gasteiger partial charge in [-0.1, -0.05) is 18.2 Å². The number of rotatable bonds is 7. The minimum absolute atomic E-state index is 0.241. The van der Waals surface area contributed by atoms with Gasteiger partial charge in [0.05, 0.1) is 18.2 Å². The molecule has 0 bridgehead atoms. The highest BCUT2D eigenvalue weighted by Crippen LogP contribution is 2.28. The quantitative estimate of drug-likeness (QED) is 0.296. The van der Waals surface area contributed by atoms with Crippen LogP contribution in [0, 0.1) is 0 Å². The Morgan fingerprint density at radius 2 is 1.89 bits per heavy atom. The van der Waals surface area contributed by atoms with E-state index in [-0.39, 0.29) is 24.3 Å². The number of aromatic nitrogens is 2. The van der Waals surface area contributed by atoms with Crippen LogP contribution in [-0.2, 0) is 11.4 Å². The second kappa shape index (κ2) is 11.0. The Morgan fingerprint density at radius 3 is 2.66 bits per heavy atom. The Kier molecular flexibility index (Phi) is 7.37. The molecule has 1 aliphatic heterocycles. The number of carbonyl (C=O) groups is 2. The van der Waals surface area contributed by atoms with Crippen LogP contribution in [0.15, 0.2) is 60.7 Å². The van der Waals surface area contributed by atoms with Gasteiger partial charge in [0.1, 0.15) is 6.67 Å². The van der Waals surface area contributed by atoms with Gasteiger partial charge in [-0.05, 0) is 78.9 Å². The Bertz CT molecular complexity index is 1480. The van der Waals surface area contributed by atoms with Gasteiger partial charge in [-0.25, -0.2) is 9.18 Å². The molecule has 0 unspecified atom stereocenters. The largest absolute Gasteiger partial charge is 0.461 e. The summed E-state index contributed by atoms with van der Waals surface area (Å²) in [4.78, 5) is 27.4. The van der Waals surface area contributed by atoms with Crippen LogP contribution in [0.2, 0.25) is 0 Å². The van der Waals surface area contributed by atoms with E-state index in [1.54, 1.807) is 31.2 Å². The summed E-state index contributed by atoms with van der Waals surface area (Å²) >= 11 is 0. The molecule has 2 heterocycles. The van der Waals surface area contributed by atoms with Crippen LogP contribution in [0.1, 0.15) is 46.2 Å². The maximum atomic E-state index is 13.6. The minimum atomic E-state index is -0.673. The number of hydrogen-bond donors (Lipinski definition) is 3. The average molecular weight is 517 g/mol. The molecule has 1 fully saturated rings. The van der Waals surface area contributed by atoms with Gasteiger partial charge in [0.15, 0.2) is 5.69 Å². The second-order valence-corrected chi connectivity index (χ2v) is 9.33. The zero-order valence-corrected chi connectivity index (χ0v) is 21.0. The van der Waals surface area contributed by atoms with Gasteiger partial charge in [0, 0.05) is 35.4 Å². The third kappa shape index (κ3) is 5.38. The van der Waals surface area contributed by atoms with Crippen molar-refractivity contribution in [1.29, 1.82) is 0 Å². The fourth-order valence-electron chi connectivity index (χ4n) is 4.72. The van der Waals surface area contributed by atoms with Crippen LogP contribution in [0.5, 0.6) is 0 Å². The first-order valence-corrected chi connectivity index (χ1v) is 12.6. The number of anilines is 2. The lowest BCUT2D eigenvalue weighted by Crippen LogP contribution is -2.36. The summed E-state index contributed by atoms with van der Waals surface area (Å²) in [5.74, 6) is -0.812. The number of hydrogen-bond acceptors (Lipinski definition) is 6. The van der Waals surface area contributed by atoms with E-state index in [0.29, 0.717) is 53.6 Å². The van der Waals surface area contributed by atoms with Crippen LogP contribution in [0.3, 0.4) is 0 Å². The van der Waals surface area contributed by atoms with E-state index in [0.717, 1.165) is 16.8 Å². The molecule has 0 aliphatic carbocycles. The molecule has 1 amide bonds. The fourth-order valence-corrected chi connectivity index (χ4v) is 4.72. The summed E-state index contributed by atoms with van der Waals surface area (Å²) in [5, 5.41) is 20.4. The highest BCUT2D eigenvalue weighted by molar-refractivity contribution is 6.05. The number of carbonyl (C=O) groups excluding carboxylic acids is 2. The molecule has 4 aromatic rings. The van der Waals surface area contributed by atoms with E-state index in [4.69, 9.17) is 4.74 Å². The van der Waals surface area contributed by atoms with Crippen molar-refractivity contribution in [2.75, 3.05) is 29.9 Å². The van der Waals surface area contributed by atoms with Crippen molar-refractivity contribution in [2.24, 2.45) is 0 Å².